The number of nitrogens with zero attached hydrogens (tertiary/aromatic N) is 1. The molecule has 0 saturated carbocycles. The van der Waals surface area contributed by atoms with E-state index in [2.05, 4.69) is 5.32 Å². The highest BCUT2D eigenvalue weighted by molar-refractivity contribution is 5.96. The Bertz CT molecular complexity index is 485. The number of nitrogens with one attached hydrogen (secondary N) is 1. The minimum atomic E-state index is -0.178. The second-order valence-corrected chi connectivity index (χ2v) is 4.81. The van der Waals surface area contributed by atoms with Gasteiger partial charge in [-0.1, -0.05) is 18.2 Å². The highest BCUT2D eigenvalue weighted by atomic mass is 16.5. The fourth-order valence-corrected chi connectivity index (χ4v) is 1.91. The zero-order valence-electron chi connectivity index (χ0n) is 11.2. The lowest BCUT2D eigenvalue weighted by Crippen LogP contribution is -2.38. The van der Waals surface area contributed by atoms with E-state index >= 15 is 0 Å². The molecule has 0 aliphatic carbocycles. The van der Waals surface area contributed by atoms with Crippen molar-refractivity contribution in [2.24, 2.45) is 0 Å². The molecule has 5 nitrogen and oxygen atoms in total. The number of rotatable bonds is 3. The molecule has 0 saturated heterocycles. The number of hydrogen-bond acceptors (Lipinski definition) is 3. The first-order valence-electron chi connectivity index (χ1n) is 6.33. The van der Waals surface area contributed by atoms with Gasteiger partial charge >= 0.3 is 0 Å². The lowest BCUT2D eigenvalue weighted by molar-refractivity contribution is -0.140. The van der Waals surface area contributed by atoms with E-state index in [1.54, 1.807) is 0 Å². The summed E-state index contributed by atoms with van der Waals surface area (Å²) in [6, 6.07) is 7.50. The molecule has 0 atom stereocenters. The molecule has 102 valence electrons. The molecule has 0 spiro atoms. The Morgan fingerprint density at radius 2 is 2.11 bits per heavy atom. The van der Waals surface area contributed by atoms with Gasteiger partial charge in [0.1, 0.15) is 13.2 Å². The normalized spacial score (nSPS) is 14.9. The molecule has 0 aromatic heterocycles. The van der Waals surface area contributed by atoms with E-state index < -0.39 is 0 Å². The average molecular weight is 262 g/mol. The van der Waals surface area contributed by atoms with Crippen LogP contribution in [0.15, 0.2) is 24.3 Å². The largest absolute Gasteiger partial charge is 0.369 e. The number of fused-ring (bicyclic) bond motifs is 1. The standard InChI is InChI=1S/C14H18N2O3/c1-10(2)19-9-14(18)16-7-11-5-3-4-6-12(11)15-13(17)8-16/h3-6,10H,7-9H2,1-2H3,(H,15,17). The van der Waals surface area contributed by atoms with Crippen molar-refractivity contribution in [2.75, 3.05) is 18.5 Å². The maximum absolute atomic E-state index is 12.0. The maximum atomic E-state index is 12.0. The van der Waals surface area contributed by atoms with E-state index in [1.165, 1.54) is 4.90 Å². The van der Waals surface area contributed by atoms with Crippen LogP contribution in [0.1, 0.15) is 19.4 Å². The van der Waals surface area contributed by atoms with Crippen molar-refractivity contribution in [3.63, 3.8) is 0 Å². The van der Waals surface area contributed by atoms with E-state index in [0.29, 0.717) is 6.54 Å². The molecule has 0 bridgehead atoms. The van der Waals surface area contributed by atoms with E-state index in [0.717, 1.165) is 11.3 Å². The summed E-state index contributed by atoms with van der Waals surface area (Å²) in [5, 5.41) is 2.80. The predicted octanol–water partition coefficient (Wildman–Crippen LogP) is 1.39. The van der Waals surface area contributed by atoms with Gasteiger partial charge in [0.2, 0.25) is 11.8 Å². The van der Waals surface area contributed by atoms with Crippen LogP contribution in [0.5, 0.6) is 0 Å². The van der Waals surface area contributed by atoms with Crippen LogP contribution < -0.4 is 5.32 Å². The summed E-state index contributed by atoms with van der Waals surface area (Å²) in [7, 11) is 0. The molecule has 1 aromatic carbocycles. The first-order chi connectivity index (χ1) is 9.06. The van der Waals surface area contributed by atoms with Gasteiger partial charge in [0.05, 0.1) is 6.10 Å². The molecular weight excluding hydrogens is 244 g/mol. The molecule has 0 fully saturated rings. The van der Waals surface area contributed by atoms with Crippen LogP contribution >= 0.6 is 0 Å². The average Bonchev–Trinajstić information content (AvgIpc) is 2.53. The fraction of sp³-hybridized carbons (Fsp3) is 0.429. The Morgan fingerprint density at radius 3 is 2.84 bits per heavy atom. The Labute approximate surface area is 112 Å². The van der Waals surface area contributed by atoms with Crippen molar-refractivity contribution in [2.45, 2.75) is 26.5 Å². The van der Waals surface area contributed by atoms with Gasteiger partial charge in [-0.15, -0.1) is 0 Å². The third kappa shape index (κ3) is 3.54. The molecule has 1 aliphatic rings. The van der Waals surface area contributed by atoms with E-state index in [-0.39, 0.29) is 31.1 Å². The molecule has 0 radical (unpaired) electrons. The lowest BCUT2D eigenvalue weighted by Gasteiger charge is -2.20. The van der Waals surface area contributed by atoms with Gasteiger partial charge in [-0.3, -0.25) is 9.59 Å². The molecule has 19 heavy (non-hydrogen) atoms. The van der Waals surface area contributed by atoms with Crippen LogP contribution in [-0.4, -0.2) is 36.0 Å². The van der Waals surface area contributed by atoms with E-state index in [1.807, 2.05) is 38.1 Å². The summed E-state index contributed by atoms with van der Waals surface area (Å²) in [4.78, 5) is 25.3. The molecule has 1 aliphatic heterocycles. The summed E-state index contributed by atoms with van der Waals surface area (Å²) in [5.41, 5.74) is 1.71. The van der Waals surface area contributed by atoms with Gasteiger partial charge in [0.15, 0.2) is 0 Å². The first-order valence-corrected chi connectivity index (χ1v) is 6.33. The molecule has 2 amide bonds. The number of carbonyl (C=O) groups is 2. The van der Waals surface area contributed by atoms with E-state index in [4.69, 9.17) is 4.74 Å². The van der Waals surface area contributed by atoms with Crippen LogP contribution in [0.4, 0.5) is 5.69 Å². The third-order valence-electron chi connectivity index (χ3n) is 2.88. The Morgan fingerprint density at radius 1 is 1.37 bits per heavy atom. The van der Waals surface area contributed by atoms with Crippen molar-refractivity contribution in [3.05, 3.63) is 29.8 Å². The van der Waals surface area contributed by atoms with Crippen LogP contribution in [0.3, 0.4) is 0 Å². The van der Waals surface area contributed by atoms with Crippen molar-refractivity contribution < 1.29 is 14.3 Å². The van der Waals surface area contributed by atoms with E-state index in [9.17, 15) is 9.59 Å². The van der Waals surface area contributed by atoms with Gasteiger partial charge in [-0.2, -0.15) is 0 Å². The summed E-state index contributed by atoms with van der Waals surface area (Å²) in [6.07, 6.45) is -0.00274. The van der Waals surface area contributed by atoms with Gasteiger partial charge in [0, 0.05) is 12.2 Å². The molecule has 1 N–H and O–H groups in total. The quantitative estimate of drug-likeness (QED) is 0.895. The maximum Gasteiger partial charge on any atom is 0.249 e. The first kappa shape index (κ1) is 13.5. The van der Waals surface area contributed by atoms with Gasteiger partial charge in [0.25, 0.3) is 0 Å². The topological polar surface area (TPSA) is 58.6 Å². The van der Waals surface area contributed by atoms with Crippen molar-refractivity contribution in [1.29, 1.82) is 0 Å². The van der Waals surface area contributed by atoms with Gasteiger partial charge in [-0.25, -0.2) is 0 Å². The number of hydrogen-bond donors (Lipinski definition) is 1. The molecule has 1 heterocycles. The number of ether oxygens (including phenoxy) is 1. The monoisotopic (exact) mass is 262 g/mol. The van der Waals surface area contributed by atoms with Crippen LogP contribution in [0, 0.1) is 0 Å². The zero-order valence-corrected chi connectivity index (χ0v) is 11.2. The fourth-order valence-electron chi connectivity index (χ4n) is 1.91. The van der Waals surface area contributed by atoms with Crippen molar-refractivity contribution in [3.8, 4) is 0 Å². The molecule has 0 unspecified atom stereocenters. The van der Waals surface area contributed by atoms with Crippen LogP contribution in [0.2, 0.25) is 0 Å². The molecule has 5 heteroatoms. The molecule has 1 aromatic rings. The number of anilines is 1. The van der Waals surface area contributed by atoms with Gasteiger partial charge in [-0.05, 0) is 25.5 Å². The SMILES string of the molecule is CC(C)OCC(=O)N1CC(=O)Nc2ccccc2C1. The summed E-state index contributed by atoms with van der Waals surface area (Å²) in [6.45, 7) is 4.24. The highest BCUT2D eigenvalue weighted by Crippen LogP contribution is 2.20. The molecular formula is C14H18N2O3. The minimum Gasteiger partial charge on any atom is -0.369 e. The highest BCUT2D eigenvalue weighted by Gasteiger charge is 2.22. The Kier molecular flexibility index (Phi) is 4.16. The molecule has 2 rings (SSSR count). The van der Waals surface area contributed by atoms with Crippen LogP contribution in [-0.2, 0) is 20.9 Å². The number of amides is 2. The summed E-state index contributed by atoms with van der Waals surface area (Å²) in [5.74, 6) is -0.344. The smallest absolute Gasteiger partial charge is 0.249 e. The minimum absolute atomic E-state index is 0.00274. The second-order valence-electron chi connectivity index (χ2n) is 4.81. The van der Waals surface area contributed by atoms with Crippen molar-refractivity contribution in [1.82, 2.24) is 4.90 Å². The Hall–Kier alpha value is -1.88. The van der Waals surface area contributed by atoms with Gasteiger partial charge < -0.3 is 15.0 Å². The summed E-state index contributed by atoms with van der Waals surface area (Å²) >= 11 is 0. The Balaban J connectivity index is 2.10. The third-order valence-corrected chi connectivity index (χ3v) is 2.88. The zero-order chi connectivity index (χ0) is 13.8. The number of para-hydroxylation sites is 1. The lowest BCUT2D eigenvalue weighted by atomic mass is 10.2. The number of benzene rings is 1. The van der Waals surface area contributed by atoms with Crippen LogP contribution in [0.25, 0.3) is 0 Å². The predicted molar refractivity (Wildman–Crippen MR) is 71.6 cm³/mol. The van der Waals surface area contributed by atoms with Crippen molar-refractivity contribution >= 4 is 17.5 Å². The second kappa shape index (κ2) is 5.84. The summed E-state index contributed by atoms with van der Waals surface area (Å²) < 4.78 is 5.30. The number of carbonyl (C=O) groups excluding carboxylic acids is 2.